The average molecular weight is 554 g/mol. The first-order valence-corrected chi connectivity index (χ1v) is 14.9. The first kappa shape index (κ1) is 23.4. The summed E-state index contributed by atoms with van der Waals surface area (Å²) in [6.45, 7) is 0. The Morgan fingerprint density at radius 2 is 1.24 bits per heavy atom. The van der Waals surface area contributed by atoms with Crippen LogP contribution in [0.5, 0.6) is 0 Å². The number of rotatable bonds is 3. The molecule has 3 aromatic heterocycles. The highest BCUT2D eigenvalue weighted by Gasteiger charge is 2.22. The van der Waals surface area contributed by atoms with Crippen LogP contribution in [0.3, 0.4) is 0 Å². The van der Waals surface area contributed by atoms with E-state index in [1.807, 2.05) is 23.5 Å². The van der Waals surface area contributed by atoms with Gasteiger partial charge in [-0.3, -0.25) is 0 Å². The van der Waals surface area contributed by atoms with E-state index in [-0.39, 0.29) is 0 Å². The van der Waals surface area contributed by atoms with Crippen molar-refractivity contribution in [2.24, 2.45) is 0 Å². The Labute approximate surface area is 245 Å². The van der Waals surface area contributed by atoms with Crippen LogP contribution in [-0.2, 0) is 0 Å². The van der Waals surface area contributed by atoms with Crippen LogP contribution in [0.25, 0.3) is 86.7 Å². The maximum atomic E-state index is 5.30. The second-order valence-electron chi connectivity index (χ2n) is 10.6. The summed E-state index contributed by atoms with van der Waals surface area (Å²) in [6, 6.07) is 47.1. The van der Waals surface area contributed by atoms with Gasteiger partial charge in [-0.15, -0.1) is 11.3 Å². The molecule has 0 saturated heterocycles. The Morgan fingerprint density at radius 3 is 2.14 bits per heavy atom. The van der Waals surface area contributed by atoms with Crippen molar-refractivity contribution >= 4 is 64.2 Å². The minimum Gasteiger partial charge on any atom is -0.354 e. The zero-order valence-electron chi connectivity index (χ0n) is 22.5. The van der Waals surface area contributed by atoms with E-state index in [0.717, 1.165) is 50.1 Å². The topological polar surface area (TPSA) is 41.6 Å². The predicted molar refractivity (Wildman–Crippen MR) is 178 cm³/mol. The van der Waals surface area contributed by atoms with Gasteiger partial charge in [0.15, 0.2) is 5.82 Å². The third-order valence-corrected chi connectivity index (χ3v) is 9.38. The quantitative estimate of drug-likeness (QED) is 0.236. The minimum atomic E-state index is 0.722. The number of nitrogens with zero attached hydrogens (tertiary/aromatic N) is 2. The lowest BCUT2D eigenvalue weighted by Crippen LogP contribution is -1.97. The van der Waals surface area contributed by atoms with Gasteiger partial charge in [0.2, 0.25) is 0 Å². The number of fused-ring (bicyclic) bond motifs is 7. The van der Waals surface area contributed by atoms with Crippen molar-refractivity contribution in [1.82, 2.24) is 15.0 Å². The molecule has 0 unspecified atom stereocenters. The number of hydrogen-bond acceptors (Lipinski definition) is 3. The van der Waals surface area contributed by atoms with E-state index < -0.39 is 0 Å². The highest BCUT2D eigenvalue weighted by Crippen LogP contribution is 2.46. The molecule has 0 atom stereocenters. The van der Waals surface area contributed by atoms with Gasteiger partial charge < -0.3 is 4.98 Å². The van der Waals surface area contributed by atoms with E-state index in [1.165, 1.54) is 36.5 Å². The van der Waals surface area contributed by atoms with Crippen LogP contribution in [0.2, 0.25) is 0 Å². The molecular weight excluding hydrogens is 531 g/mol. The van der Waals surface area contributed by atoms with E-state index in [0.29, 0.717) is 0 Å². The molecule has 0 amide bonds. The highest BCUT2D eigenvalue weighted by atomic mass is 32.1. The molecule has 0 spiro atoms. The van der Waals surface area contributed by atoms with E-state index in [2.05, 4.69) is 126 Å². The van der Waals surface area contributed by atoms with Crippen molar-refractivity contribution < 1.29 is 0 Å². The third kappa shape index (κ3) is 3.46. The van der Waals surface area contributed by atoms with Crippen molar-refractivity contribution in [2.45, 2.75) is 0 Å². The molecule has 0 aliphatic heterocycles. The molecule has 0 fully saturated rings. The van der Waals surface area contributed by atoms with Crippen molar-refractivity contribution in [1.29, 1.82) is 0 Å². The van der Waals surface area contributed by atoms with E-state index in [1.54, 1.807) is 0 Å². The number of aromatic amines is 1. The summed E-state index contributed by atoms with van der Waals surface area (Å²) < 4.78 is 2.57. The van der Waals surface area contributed by atoms with Crippen LogP contribution in [-0.4, -0.2) is 15.0 Å². The lowest BCUT2D eigenvalue weighted by atomic mass is 9.92. The molecular formula is C38H23N3S. The minimum absolute atomic E-state index is 0.722. The standard InChI is InChI=1S/C38H23N3S/c1-2-11-23(12-3-1)36-26-14-5-8-18-31(26)40-38(41-36)29-22-21-25-24-13-4-7-17-30(24)39-37(25)35(29)28-16-10-20-33-34(28)27-15-6-9-19-32(27)42-33/h1-22,39H. The molecule has 0 bridgehead atoms. The normalized spacial score (nSPS) is 11.8. The molecule has 3 nitrogen and oxygen atoms in total. The predicted octanol–water partition coefficient (Wildman–Crippen LogP) is 10.6. The second-order valence-corrected chi connectivity index (χ2v) is 11.7. The molecule has 1 N–H and O–H groups in total. The molecule has 42 heavy (non-hydrogen) atoms. The Morgan fingerprint density at radius 1 is 0.500 bits per heavy atom. The summed E-state index contributed by atoms with van der Waals surface area (Å²) in [5.74, 6) is 0.722. The Kier molecular flexibility index (Phi) is 5.07. The van der Waals surface area contributed by atoms with Crippen LogP contribution in [0.4, 0.5) is 0 Å². The van der Waals surface area contributed by atoms with E-state index in [4.69, 9.17) is 9.97 Å². The summed E-state index contributed by atoms with van der Waals surface area (Å²) in [5, 5.41) is 6.01. The third-order valence-electron chi connectivity index (χ3n) is 8.25. The first-order valence-electron chi connectivity index (χ1n) is 14.1. The van der Waals surface area contributed by atoms with Crippen molar-refractivity contribution in [3.63, 3.8) is 0 Å². The van der Waals surface area contributed by atoms with Gasteiger partial charge in [-0.25, -0.2) is 9.97 Å². The molecule has 9 rings (SSSR count). The smallest absolute Gasteiger partial charge is 0.161 e. The SMILES string of the molecule is c1ccc(-c2nc(-c3ccc4c([nH]c5ccccc54)c3-c3cccc4sc5ccccc5c34)nc3ccccc23)cc1. The monoisotopic (exact) mass is 553 g/mol. The molecule has 6 aromatic carbocycles. The fourth-order valence-electron chi connectivity index (χ4n) is 6.38. The fourth-order valence-corrected chi connectivity index (χ4v) is 7.51. The zero-order valence-corrected chi connectivity index (χ0v) is 23.3. The summed E-state index contributed by atoms with van der Waals surface area (Å²) in [4.78, 5) is 14.3. The molecule has 4 heteroatoms. The number of para-hydroxylation sites is 2. The second kappa shape index (κ2) is 9.10. The Balaban J connectivity index is 1.44. The lowest BCUT2D eigenvalue weighted by molar-refractivity contribution is 1.23. The molecule has 9 aromatic rings. The van der Waals surface area contributed by atoms with Gasteiger partial charge in [-0.05, 0) is 35.9 Å². The highest BCUT2D eigenvalue weighted by molar-refractivity contribution is 7.25. The molecule has 0 aliphatic carbocycles. The van der Waals surface area contributed by atoms with E-state index >= 15 is 0 Å². The number of H-pyrrole nitrogens is 1. The summed E-state index contributed by atoms with van der Waals surface area (Å²) in [5.41, 5.74) is 8.52. The molecule has 196 valence electrons. The lowest BCUT2D eigenvalue weighted by Gasteiger charge is -2.15. The fraction of sp³-hybridized carbons (Fsp3) is 0. The summed E-state index contributed by atoms with van der Waals surface area (Å²) in [7, 11) is 0. The van der Waals surface area contributed by atoms with Crippen LogP contribution < -0.4 is 0 Å². The van der Waals surface area contributed by atoms with Gasteiger partial charge in [-0.2, -0.15) is 0 Å². The summed E-state index contributed by atoms with van der Waals surface area (Å²) >= 11 is 1.84. The first-order chi connectivity index (χ1) is 20.8. The van der Waals surface area contributed by atoms with Crippen LogP contribution in [0.15, 0.2) is 133 Å². The summed E-state index contributed by atoms with van der Waals surface area (Å²) in [6.07, 6.45) is 0. The Bertz CT molecular complexity index is 2470. The number of benzene rings is 6. The van der Waals surface area contributed by atoms with Crippen molar-refractivity contribution in [2.75, 3.05) is 0 Å². The van der Waals surface area contributed by atoms with E-state index in [9.17, 15) is 0 Å². The number of nitrogens with one attached hydrogen (secondary N) is 1. The number of thiophene rings is 1. The van der Waals surface area contributed by atoms with Crippen LogP contribution in [0, 0.1) is 0 Å². The van der Waals surface area contributed by atoms with Gasteiger partial charge >= 0.3 is 0 Å². The maximum Gasteiger partial charge on any atom is 0.161 e. The van der Waals surface area contributed by atoms with Crippen LogP contribution in [0.1, 0.15) is 0 Å². The van der Waals surface area contributed by atoms with Gasteiger partial charge in [0.1, 0.15) is 0 Å². The van der Waals surface area contributed by atoms with Gasteiger partial charge in [0, 0.05) is 58.5 Å². The number of aromatic nitrogens is 3. The molecule has 3 heterocycles. The zero-order chi connectivity index (χ0) is 27.6. The van der Waals surface area contributed by atoms with Crippen molar-refractivity contribution in [3.05, 3.63) is 133 Å². The van der Waals surface area contributed by atoms with Crippen LogP contribution >= 0.6 is 11.3 Å². The van der Waals surface area contributed by atoms with Gasteiger partial charge in [-0.1, -0.05) is 103 Å². The number of hydrogen-bond donors (Lipinski definition) is 1. The van der Waals surface area contributed by atoms with Gasteiger partial charge in [0.05, 0.1) is 16.7 Å². The average Bonchev–Trinajstić information content (AvgIpc) is 3.63. The Hall–Kier alpha value is -5.32. The van der Waals surface area contributed by atoms with Crippen molar-refractivity contribution in [3.8, 4) is 33.8 Å². The molecule has 0 aliphatic rings. The molecule has 0 saturated carbocycles. The maximum absolute atomic E-state index is 5.30. The molecule has 0 radical (unpaired) electrons. The van der Waals surface area contributed by atoms with Gasteiger partial charge in [0.25, 0.3) is 0 Å². The largest absolute Gasteiger partial charge is 0.354 e.